The van der Waals surface area contributed by atoms with E-state index >= 15 is 0 Å². The van der Waals surface area contributed by atoms with Crippen molar-refractivity contribution in [3.63, 3.8) is 0 Å². The number of amides is 1. The number of hydrazine groups is 1. The quantitative estimate of drug-likeness (QED) is 0.162. The lowest BCUT2D eigenvalue weighted by Crippen LogP contribution is -2.49. The Morgan fingerprint density at radius 1 is 1.62 bits per heavy atom. The summed E-state index contributed by atoms with van der Waals surface area (Å²) >= 11 is 0. The maximum atomic E-state index is 10.9. The number of aliphatic hydroxyl groups excluding tert-OH is 1. The summed E-state index contributed by atoms with van der Waals surface area (Å²) < 4.78 is 0. The minimum Gasteiger partial charge on any atom is -0.361 e. The van der Waals surface area contributed by atoms with Crippen LogP contribution in [0.4, 0.5) is 0 Å². The molecule has 1 amide bonds. The summed E-state index contributed by atoms with van der Waals surface area (Å²) in [5, 5.41) is 14.4. The molecule has 6 N–H and O–H groups in total. The molecule has 0 aromatic rings. The van der Waals surface area contributed by atoms with Crippen molar-refractivity contribution in [2.75, 3.05) is 0 Å². The van der Waals surface area contributed by atoms with Crippen molar-refractivity contribution in [1.29, 1.82) is 0 Å². The van der Waals surface area contributed by atoms with Crippen molar-refractivity contribution in [3.8, 4) is 0 Å². The molecule has 0 spiro atoms. The fourth-order valence-electron chi connectivity index (χ4n) is 0.853. The van der Waals surface area contributed by atoms with Gasteiger partial charge in [-0.15, -0.1) is 0 Å². The van der Waals surface area contributed by atoms with E-state index in [1.54, 1.807) is 20.1 Å². The predicted octanol–water partition coefficient (Wildman–Crippen LogP) is -1.23. The lowest BCUT2D eigenvalue weighted by molar-refractivity contribution is -0.124. The van der Waals surface area contributed by atoms with Gasteiger partial charge in [0.05, 0.1) is 0 Å². The summed E-state index contributed by atoms with van der Waals surface area (Å²) in [5.74, 6) is 4.76. The standard InChI is InChI=1S/C9H19N5O2/c1-3-8(15)14-9(16)13-7(2)6-11-4-5-12-10/h4-7,9,12-13,16H,3,10H2,1-2H3,(H,14,15)/b5-4-,11-6-. The Kier molecular flexibility index (Phi) is 8.04. The van der Waals surface area contributed by atoms with E-state index in [-0.39, 0.29) is 11.9 Å². The van der Waals surface area contributed by atoms with Crippen LogP contribution in [0.2, 0.25) is 0 Å². The maximum absolute atomic E-state index is 10.9. The largest absolute Gasteiger partial charge is 0.361 e. The highest BCUT2D eigenvalue weighted by molar-refractivity contribution is 5.75. The fourth-order valence-corrected chi connectivity index (χ4v) is 0.853. The van der Waals surface area contributed by atoms with Crippen LogP contribution >= 0.6 is 0 Å². The van der Waals surface area contributed by atoms with Gasteiger partial charge < -0.3 is 15.8 Å². The van der Waals surface area contributed by atoms with Crippen molar-refractivity contribution < 1.29 is 9.90 Å². The molecule has 0 rings (SSSR count). The number of aliphatic hydroxyl groups is 1. The number of nitrogens with zero attached hydrogens (tertiary/aromatic N) is 1. The van der Waals surface area contributed by atoms with E-state index < -0.39 is 6.35 Å². The van der Waals surface area contributed by atoms with E-state index in [1.807, 2.05) is 0 Å². The molecule has 0 saturated heterocycles. The van der Waals surface area contributed by atoms with E-state index in [2.05, 4.69) is 21.1 Å². The third-order valence-electron chi connectivity index (χ3n) is 1.61. The highest BCUT2D eigenvalue weighted by Gasteiger charge is 2.08. The predicted molar refractivity (Wildman–Crippen MR) is 62.0 cm³/mol. The van der Waals surface area contributed by atoms with Crippen LogP contribution in [-0.4, -0.2) is 29.6 Å². The Morgan fingerprint density at radius 3 is 2.88 bits per heavy atom. The second-order valence-corrected chi connectivity index (χ2v) is 3.06. The molecule has 0 aromatic heterocycles. The van der Waals surface area contributed by atoms with Crippen LogP contribution in [-0.2, 0) is 4.79 Å². The molecule has 7 nitrogen and oxygen atoms in total. The minimum atomic E-state index is -1.08. The van der Waals surface area contributed by atoms with Gasteiger partial charge in [0.15, 0.2) is 6.35 Å². The summed E-state index contributed by atoms with van der Waals surface area (Å²) in [6.07, 6.45) is 3.74. The van der Waals surface area contributed by atoms with Crippen molar-refractivity contribution in [1.82, 2.24) is 16.1 Å². The number of hydrogen-bond donors (Lipinski definition) is 5. The van der Waals surface area contributed by atoms with E-state index in [0.717, 1.165) is 0 Å². The van der Waals surface area contributed by atoms with Gasteiger partial charge in [0.25, 0.3) is 0 Å². The van der Waals surface area contributed by atoms with Crippen molar-refractivity contribution in [2.24, 2.45) is 10.8 Å². The monoisotopic (exact) mass is 229 g/mol. The molecule has 0 heterocycles. The molecule has 2 unspecified atom stereocenters. The summed E-state index contributed by atoms with van der Waals surface area (Å²) in [4.78, 5) is 14.8. The third kappa shape index (κ3) is 7.92. The van der Waals surface area contributed by atoms with Gasteiger partial charge in [0.2, 0.25) is 5.91 Å². The average Bonchev–Trinajstić information content (AvgIpc) is 2.24. The van der Waals surface area contributed by atoms with Crippen LogP contribution in [0.3, 0.4) is 0 Å². The first-order valence-corrected chi connectivity index (χ1v) is 4.98. The van der Waals surface area contributed by atoms with E-state index in [0.29, 0.717) is 6.42 Å². The highest BCUT2D eigenvalue weighted by atomic mass is 16.3. The average molecular weight is 229 g/mol. The van der Waals surface area contributed by atoms with E-state index in [4.69, 9.17) is 5.84 Å². The fraction of sp³-hybridized carbons (Fsp3) is 0.556. The van der Waals surface area contributed by atoms with Crippen molar-refractivity contribution in [2.45, 2.75) is 32.7 Å². The molecule has 0 aliphatic heterocycles. The van der Waals surface area contributed by atoms with E-state index in [1.165, 1.54) is 12.4 Å². The Labute approximate surface area is 94.8 Å². The van der Waals surface area contributed by atoms with Gasteiger partial charge >= 0.3 is 0 Å². The molecule has 0 aliphatic carbocycles. The number of rotatable bonds is 7. The summed E-state index contributed by atoms with van der Waals surface area (Å²) in [7, 11) is 0. The van der Waals surface area contributed by atoms with Gasteiger partial charge in [-0.2, -0.15) is 0 Å². The molecular weight excluding hydrogens is 210 g/mol. The normalized spacial score (nSPS) is 15.2. The number of aliphatic imine (C=N–C) groups is 1. The molecule has 16 heavy (non-hydrogen) atoms. The SMILES string of the molecule is CCC(=O)NC(O)NC(C)/C=N\C=C/NN. The number of nitrogens with one attached hydrogen (secondary N) is 3. The zero-order valence-electron chi connectivity index (χ0n) is 9.47. The summed E-state index contributed by atoms with van der Waals surface area (Å²) in [5.41, 5.74) is 2.29. The van der Waals surface area contributed by atoms with Gasteiger partial charge in [0, 0.05) is 31.1 Å². The second-order valence-electron chi connectivity index (χ2n) is 3.06. The Hall–Kier alpha value is -1.44. The zero-order valence-corrected chi connectivity index (χ0v) is 9.47. The number of nitrogens with two attached hydrogens (primary N) is 1. The first-order valence-electron chi connectivity index (χ1n) is 4.98. The van der Waals surface area contributed by atoms with Crippen LogP contribution in [0.25, 0.3) is 0 Å². The van der Waals surface area contributed by atoms with Gasteiger partial charge in [-0.05, 0) is 6.92 Å². The zero-order chi connectivity index (χ0) is 12.4. The lowest BCUT2D eigenvalue weighted by atomic mass is 10.4. The van der Waals surface area contributed by atoms with Crippen LogP contribution in [0.5, 0.6) is 0 Å². The molecule has 2 atom stereocenters. The Morgan fingerprint density at radius 2 is 2.31 bits per heavy atom. The summed E-state index contributed by atoms with van der Waals surface area (Å²) in [6.45, 7) is 3.49. The molecule has 0 aromatic carbocycles. The first-order chi connectivity index (χ1) is 7.60. The van der Waals surface area contributed by atoms with E-state index in [9.17, 15) is 9.90 Å². The highest BCUT2D eigenvalue weighted by Crippen LogP contribution is 1.82. The van der Waals surface area contributed by atoms with Crippen LogP contribution in [0.1, 0.15) is 20.3 Å². The Balaban J connectivity index is 3.85. The van der Waals surface area contributed by atoms with Crippen LogP contribution < -0.4 is 21.9 Å². The molecule has 0 saturated carbocycles. The maximum Gasteiger partial charge on any atom is 0.222 e. The smallest absolute Gasteiger partial charge is 0.222 e. The molecule has 0 bridgehead atoms. The van der Waals surface area contributed by atoms with Gasteiger partial charge in [-0.3, -0.25) is 20.9 Å². The van der Waals surface area contributed by atoms with Crippen LogP contribution in [0, 0.1) is 0 Å². The van der Waals surface area contributed by atoms with Crippen LogP contribution in [0.15, 0.2) is 17.4 Å². The minimum absolute atomic E-state index is 0.186. The third-order valence-corrected chi connectivity index (χ3v) is 1.61. The molecule has 0 radical (unpaired) electrons. The Bertz CT molecular complexity index is 254. The van der Waals surface area contributed by atoms with Gasteiger partial charge in [-0.25, -0.2) is 0 Å². The number of carbonyl (C=O) groups is 1. The molecule has 0 aliphatic rings. The number of carbonyl (C=O) groups excluding carboxylic acids is 1. The van der Waals surface area contributed by atoms with Crippen molar-refractivity contribution in [3.05, 3.63) is 12.4 Å². The topological polar surface area (TPSA) is 112 Å². The van der Waals surface area contributed by atoms with Gasteiger partial charge in [0.1, 0.15) is 0 Å². The summed E-state index contributed by atoms with van der Waals surface area (Å²) in [6, 6.07) is -0.186. The molecule has 0 fully saturated rings. The first kappa shape index (κ1) is 14.6. The van der Waals surface area contributed by atoms with Crippen molar-refractivity contribution >= 4 is 12.1 Å². The number of hydrogen-bond acceptors (Lipinski definition) is 6. The second kappa shape index (κ2) is 8.84. The molecule has 92 valence electrons. The lowest BCUT2D eigenvalue weighted by Gasteiger charge is -2.16. The molecule has 7 heteroatoms. The molecular formula is C9H19N5O2. The van der Waals surface area contributed by atoms with Gasteiger partial charge in [-0.1, -0.05) is 6.92 Å².